The molecule has 0 aromatic rings. The number of carbonyl (C=O) groups is 2. The summed E-state index contributed by atoms with van der Waals surface area (Å²) in [5.41, 5.74) is -1.36. The molecular formula is C10H17N3O5. The van der Waals surface area contributed by atoms with Gasteiger partial charge in [0.25, 0.3) is 5.91 Å². The second-order valence-electron chi connectivity index (χ2n) is 4.17. The van der Waals surface area contributed by atoms with Crippen LogP contribution in [0.25, 0.3) is 0 Å². The fraction of sp³-hybridized carbons (Fsp3) is 0.700. The summed E-state index contributed by atoms with van der Waals surface area (Å²) >= 11 is 0. The van der Waals surface area contributed by atoms with Gasteiger partial charge in [-0.25, -0.2) is 5.01 Å². The lowest BCUT2D eigenvalue weighted by Gasteiger charge is -2.29. The zero-order valence-corrected chi connectivity index (χ0v) is 10.1. The molecule has 0 aromatic carbocycles. The summed E-state index contributed by atoms with van der Waals surface area (Å²) in [5, 5.41) is 34.4. The van der Waals surface area contributed by atoms with Crippen molar-refractivity contribution in [3.63, 3.8) is 0 Å². The predicted octanol–water partition coefficient (Wildman–Crippen LogP) is -2.57. The molecule has 0 radical (unpaired) electrons. The smallest absolute Gasteiger partial charge is 0.268 e. The molecule has 0 atom stereocenters. The Morgan fingerprint density at radius 1 is 1.33 bits per heavy atom. The summed E-state index contributed by atoms with van der Waals surface area (Å²) in [6.07, 6.45) is 0.362. The van der Waals surface area contributed by atoms with Crippen molar-refractivity contribution in [3.05, 3.63) is 0 Å². The van der Waals surface area contributed by atoms with Crippen molar-refractivity contribution >= 4 is 17.5 Å². The monoisotopic (exact) mass is 259 g/mol. The Kier molecular flexibility index (Phi) is 4.76. The molecule has 0 saturated heterocycles. The van der Waals surface area contributed by atoms with E-state index in [4.69, 9.17) is 15.3 Å². The SMILES string of the molecule is CN1N=C(C(=O)NC(CO)(CO)CO)CCC1=O. The second-order valence-corrected chi connectivity index (χ2v) is 4.17. The number of aliphatic hydroxyl groups is 3. The van der Waals surface area contributed by atoms with Crippen LogP contribution in [0, 0.1) is 0 Å². The van der Waals surface area contributed by atoms with Crippen molar-refractivity contribution in [2.45, 2.75) is 18.4 Å². The largest absolute Gasteiger partial charge is 0.394 e. The fourth-order valence-corrected chi connectivity index (χ4v) is 1.41. The number of carbonyl (C=O) groups excluding carboxylic acids is 2. The minimum absolute atomic E-state index is 0.122. The molecule has 102 valence electrons. The number of hydrazone groups is 1. The first kappa shape index (κ1) is 14.6. The van der Waals surface area contributed by atoms with E-state index in [-0.39, 0.29) is 24.5 Å². The highest BCUT2D eigenvalue weighted by Gasteiger charge is 2.32. The Morgan fingerprint density at radius 3 is 2.33 bits per heavy atom. The molecule has 1 aliphatic heterocycles. The van der Waals surface area contributed by atoms with Crippen LogP contribution in [0.1, 0.15) is 12.8 Å². The number of nitrogens with zero attached hydrogens (tertiary/aromatic N) is 2. The van der Waals surface area contributed by atoms with Gasteiger partial charge in [-0.2, -0.15) is 5.10 Å². The highest BCUT2D eigenvalue weighted by atomic mass is 16.3. The summed E-state index contributed by atoms with van der Waals surface area (Å²) in [6.45, 7) is -1.81. The number of amides is 2. The molecule has 4 N–H and O–H groups in total. The topological polar surface area (TPSA) is 122 Å². The van der Waals surface area contributed by atoms with Gasteiger partial charge in [0, 0.05) is 19.9 Å². The van der Waals surface area contributed by atoms with Crippen LogP contribution in [0.5, 0.6) is 0 Å². The minimum atomic E-state index is -1.49. The molecule has 18 heavy (non-hydrogen) atoms. The Labute approximate surface area is 104 Å². The maximum absolute atomic E-state index is 11.8. The van der Waals surface area contributed by atoms with Gasteiger partial charge in [-0.15, -0.1) is 0 Å². The molecule has 2 amide bonds. The summed E-state index contributed by atoms with van der Waals surface area (Å²) in [6, 6.07) is 0. The van der Waals surface area contributed by atoms with Crippen molar-refractivity contribution in [1.29, 1.82) is 0 Å². The Bertz CT molecular complexity index is 356. The third-order valence-electron chi connectivity index (χ3n) is 2.76. The van der Waals surface area contributed by atoms with Gasteiger partial charge in [-0.3, -0.25) is 9.59 Å². The van der Waals surface area contributed by atoms with E-state index < -0.39 is 31.3 Å². The minimum Gasteiger partial charge on any atom is -0.394 e. The van der Waals surface area contributed by atoms with Gasteiger partial charge >= 0.3 is 0 Å². The van der Waals surface area contributed by atoms with Gasteiger partial charge in [0.15, 0.2) is 0 Å². The standard InChI is InChI=1S/C10H17N3O5/c1-13-8(17)3-2-7(12-13)9(18)11-10(4-14,5-15)6-16/h14-16H,2-6H2,1H3,(H,11,18). The molecule has 0 spiro atoms. The van der Waals surface area contributed by atoms with Crippen LogP contribution in [-0.4, -0.2) is 70.3 Å². The van der Waals surface area contributed by atoms with E-state index in [0.717, 1.165) is 5.01 Å². The Balaban J connectivity index is 2.77. The summed E-state index contributed by atoms with van der Waals surface area (Å²) in [5.74, 6) is -0.809. The third kappa shape index (κ3) is 3.03. The molecule has 0 unspecified atom stereocenters. The summed E-state index contributed by atoms with van der Waals surface area (Å²) < 4.78 is 0. The lowest BCUT2D eigenvalue weighted by atomic mass is 10.0. The van der Waals surface area contributed by atoms with E-state index >= 15 is 0 Å². The van der Waals surface area contributed by atoms with Crippen LogP contribution in [0.15, 0.2) is 5.10 Å². The molecular weight excluding hydrogens is 242 g/mol. The van der Waals surface area contributed by atoms with Gasteiger partial charge < -0.3 is 20.6 Å². The molecule has 8 nitrogen and oxygen atoms in total. The summed E-state index contributed by atoms with van der Waals surface area (Å²) in [4.78, 5) is 23.0. The fourth-order valence-electron chi connectivity index (χ4n) is 1.41. The average Bonchev–Trinajstić information content (AvgIpc) is 2.39. The molecule has 8 heteroatoms. The van der Waals surface area contributed by atoms with E-state index in [9.17, 15) is 9.59 Å². The molecule has 1 aliphatic rings. The molecule has 0 aromatic heterocycles. The van der Waals surface area contributed by atoms with Crippen LogP contribution in [-0.2, 0) is 9.59 Å². The highest BCUT2D eigenvalue weighted by molar-refractivity contribution is 6.39. The summed E-state index contributed by atoms with van der Waals surface area (Å²) in [7, 11) is 1.44. The average molecular weight is 259 g/mol. The zero-order chi connectivity index (χ0) is 13.8. The Morgan fingerprint density at radius 2 is 1.89 bits per heavy atom. The molecule has 0 fully saturated rings. The second kappa shape index (κ2) is 5.89. The number of aliphatic hydroxyl groups excluding tert-OH is 3. The van der Waals surface area contributed by atoms with Gasteiger partial charge in [-0.05, 0) is 0 Å². The zero-order valence-electron chi connectivity index (χ0n) is 10.1. The van der Waals surface area contributed by atoms with Gasteiger partial charge in [0.05, 0.1) is 19.8 Å². The van der Waals surface area contributed by atoms with Gasteiger partial charge in [0.1, 0.15) is 11.3 Å². The van der Waals surface area contributed by atoms with Crippen molar-refractivity contribution in [3.8, 4) is 0 Å². The first-order valence-corrected chi connectivity index (χ1v) is 5.47. The van der Waals surface area contributed by atoms with Crippen molar-refractivity contribution in [1.82, 2.24) is 10.3 Å². The Hall–Kier alpha value is -1.51. The van der Waals surface area contributed by atoms with E-state index in [0.29, 0.717) is 0 Å². The van der Waals surface area contributed by atoms with Gasteiger partial charge in [-0.1, -0.05) is 0 Å². The van der Waals surface area contributed by atoms with Crippen molar-refractivity contribution in [2.75, 3.05) is 26.9 Å². The molecule has 0 aliphatic carbocycles. The van der Waals surface area contributed by atoms with Crippen LogP contribution in [0.2, 0.25) is 0 Å². The van der Waals surface area contributed by atoms with E-state index in [1.807, 2.05) is 0 Å². The quantitative estimate of drug-likeness (QED) is 0.432. The first-order chi connectivity index (χ1) is 8.48. The third-order valence-corrected chi connectivity index (χ3v) is 2.76. The molecule has 1 rings (SSSR count). The van der Waals surface area contributed by atoms with Crippen LogP contribution < -0.4 is 5.32 Å². The maximum Gasteiger partial charge on any atom is 0.268 e. The molecule has 1 heterocycles. The first-order valence-electron chi connectivity index (χ1n) is 5.47. The number of nitrogens with one attached hydrogen (secondary N) is 1. The normalized spacial score (nSPS) is 16.6. The van der Waals surface area contributed by atoms with Crippen LogP contribution in [0.4, 0.5) is 0 Å². The highest BCUT2D eigenvalue weighted by Crippen LogP contribution is 2.09. The van der Waals surface area contributed by atoms with E-state index in [1.165, 1.54) is 7.05 Å². The number of rotatable bonds is 5. The van der Waals surface area contributed by atoms with Crippen LogP contribution >= 0.6 is 0 Å². The molecule has 0 bridgehead atoms. The number of hydrogen-bond donors (Lipinski definition) is 4. The lowest BCUT2D eigenvalue weighted by Crippen LogP contribution is -2.58. The maximum atomic E-state index is 11.8. The van der Waals surface area contributed by atoms with E-state index in [1.54, 1.807) is 0 Å². The van der Waals surface area contributed by atoms with Crippen molar-refractivity contribution in [2.24, 2.45) is 5.10 Å². The van der Waals surface area contributed by atoms with Gasteiger partial charge in [0.2, 0.25) is 5.91 Å². The van der Waals surface area contributed by atoms with E-state index in [2.05, 4.69) is 10.4 Å². The van der Waals surface area contributed by atoms with Crippen LogP contribution in [0.3, 0.4) is 0 Å². The lowest BCUT2D eigenvalue weighted by molar-refractivity contribution is -0.130. The predicted molar refractivity (Wildman–Crippen MR) is 61.6 cm³/mol. The number of hydrogen-bond acceptors (Lipinski definition) is 6. The van der Waals surface area contributed by atoms with Crippen molar-refractivity contribution < 1.29 is 24.9 Å². The molecule has 0 saturated carbocycles.